The zero-order chi connectivity index (χ0) is 22.1. The quantitative estimate of drug-likeness (QED) is 0.474. The van der Waals surface area contributed by atoms with Gasteiger partial charge in [-0.25, -0.2) is 0 Å². The van der Waals surface area contributed by atoms with Gasteiger partial charge < -0.3 is 15.4 Å². The van der Waals surface area contributed by atoms with Crippen LogP contribution in [-0.2, 0) is 15.3 Å². The van der Waals surface area contributed by atoms with Gasteiger partial charge in [-0.1, -0.05) is 46.2 Å². The van der Waals surface area contributed by atoms with E-state index in [1.54, 1.807) is 18.9 Å². The number of carbonyl (C=O) groups is 2. The highest BCUT2D eigenvalue weighted by molar-refractivity contribution is 7.98. The topological polar surface area (TPSA) is 67.4 Å². The second-order valence-corrected chi connectivity index (χ2v) is 9.18. The highest BCUT2D eigenvalue weighted by atomic mass is 32.2. The number of methoxy groups -OCH3 is 1. The lowest BCUT2D eigenvalue weighted by Crippen LogP contribution is -2.27. The van der Waals surface area contributed by atoms with E-state index in [0.717, 1.165) is 40.4 Å². The average Bonchev–Trinajstić information content (AvgIpc) is 2.71. The highest BCUT2D eigenvalue weighted by Crippen LogP contribution is 2.34. The number of amides is 2. The van der Waals surface area contributed by atoms with Crippen LogP contribution in [0.1, 0.15) is 52.5 Å². The van der Waals surface area contributed by atoms with Crippen molar-refractivity contribution in [1.29, 1.82) is 0 Å². The molecule has 2 N–H and O–H groups in total. The van der Waals surface area contributed by atoms with Gasteiger partial charge in [-0.2, -0.15) is 0 Å². The van der Waals surface area contributed by atoms with Crippen molar-refractivity contribution >= 4 is 35.0 Å². The number of ether oxygens (including phenoxy) is 1. The van der Waals surface area contributed by atoms with Crippen LogP contribution in [0.5, 0.6) is 5.75 Å². The normalized spacial score (nSPS) is 11.1. The molecule has 0 unspecified atom stereocenters. The van der Waals surface area contributed by atoms with Crippen LogP contribution in [-0.4, -0.2) is 18.9 Å². The molecule has 0 aliphatic heterocycles. The second-order valence-electron chi connectivity index (χ2n) is 8.17. The van der Waals surface area contributed by atoms with Crippen molar-refractivity contribution in [2.24, 2.45) is 5.41 Å². The van der Waals surface area contributed by atoms with Crippen molar-refractivity contribution in [3.63, 3.8) is 0 Å². The SMILES string of the molecule is CCCCC(=O)Nc1ccc(OC)c(CSc2ccccc2NC(=O)C(C)(C)C)c1. The summed E-state index contributed by atoms with van der Waals surface area (Å²) >= 11 is 1.62. The molecular formula is C24H32N2O3S. The Morgan fingerprint density at radius 3 is 2.47 bits per heavy atom. The third-order valence-corrected chi connectivity index (χ3v) is 5.64. The van der Waals surface area contributed by atoms with Crippen molar-refractivity contribution < 1.29 is 14.3 Å². The van der Waals surface area contributed by atoms with Crippen LogP contribution in [0.4, 0.5) is 11.4 Å². The highest BCUT2D eigenvalue weighted by Gasteiger charge is 2.22. The molecule has 6 heteroatoms. The van der Waals surface area contributed by atoms with Crippen LogP contribution in [0, 0.1) is 5.41 Å². The lowest BCUT2D eigenvalue weighted by molar-refractivity contribution is -0.123. The van der Waals surface area contributed by atoms with E-state index in [4.69, 9.17) is 4.74 Å². The van der Waals surface area contributed by atoms with E-state index in [-0.39, 0.29) is 11.8 Å². The first kappa shape index (κ1) is 23.8. The summed E-state index contributed by atoms with van der Waals surface area (Å²) in [5.74, 6) is 1.41. The molecule has 2 aromatic carbocycles. The number of rotatable bonds is 9. The minimum Gasteiger partial charge on any atom is -0.496 e. The van der Waals surface area contributed by atoms with E-state index < -0.39 is 5.41 Å². The zero-order valence-corrected chi connectivity index (χ0v) is 19.3. The molecule has 2 amide bonds. The van der Waals surface area contributed by atoms with Crippen LogP contribution >= 0.6 is 11.8 Å². The summed E-state index contributed by atoms with van der Waals surface area (Å²) in [6, 6.07) is 13.4. The summed E-state index contributed by atoms with van der Waals surface area (Å²) in [6.07, 6.45) is 2.39. The minimum atomic E-state index is -0.467. The van der Waals surface area contributed by atoms with Crippen LogP contribution in [0.25, 0.3) is 0 Å². The van der Waals surface area contributed by atoms with Gasteiger partial charge in [-0.15, -0.1) is 11.8 Å². The van der Waals surface area contributed by atoms with E-state index >= 15 is 0 Å². The maximum absolute atomic E-state index is 12.4. The predicted octanol–water partition coefficient (Wildman–Crippen LogP) is 6.10. The molecular weight excluding hydrogens is 396 g/mol. The van der Waals surface area contributed by atoms with Gasteiger partial charge in [0.1, 0.15) is 5.75 Å². The number of para-hydroxylation sites is 1. The van der Waals surface area contributed by atoms with Crippen molar-refractivity contribution in [3.05, 3.63) is 48.0 Å². The molecule has 0 heterocycles. The molecule has 0 aliphatic carbocycles. The number of unbranched alkanes of at least 4 members (excludes halogenated alkanes) is 1. The first-order valence-corrected chi connectivity index (χ1v) is 11.2. The van der Waals surface area contributed by atoms with E-state index in [9.17, 15) is 9.59 Å². The Balaban J connectivity index is 2.14. The van der Waals surface area contributed by atoms with Gasteiger partial charge in [-0.05, 0) is 36.8 Å². The van der Waals surface area contributed by atoms with Gasteiger partial charge in [0, 0.05) is 33.7 Å². The molecule has 0 spiro atoms. The molecule has 0 aromatic heterocycles. The van der Waals surface area contributed by atoms with E-state index in [1.807, 2.05) is 63.2 Å². The predicted molar refractivity (Wildman–Crippen MR) is 125 cm³/mol. The molecule has 0 saturated carbocycles. The van der Waals surface area contributed by atoms with E-state index in [1.165, 1.54) is 0 Å². The molecule has 0 saturated heterocycles. The third kappa shape index (κ3) is 7.10. The molecule has 0 radical (unpaired) electrons. The number of benzene rings is 2. The lowest BCUT2D eigenvalue weighted by Gasteiger charge is -2.19. The summed E-state index contributed by atoms with van der Waals surface area (Å²) < 4.78 is 5.50. The summed E-state index contributed by atoms with van der Waals surface area (Å²) in [5.41, 5.74) is 2.07. The van der Waals surface area contributed by atoms with Gasteiger partial charge in [0.05, 0.1) is 12.8 Å². The minimum absolute atomic E-state index is 0.0232. The standard InChI is InChI=1S/C24H32N2O3S/c1-6-7-12-22(27)25-18-13-14-20(29-5)17(15-18)16-30-21-11-9-8-10-19(21)26-23(28)24(2,3)4/h8-11,13-15H,6-7,12,16H2,1-5H3,(H,25,27)(H,26,28). The molecule has 5 nitrogen and oxygen atoms in total. The Kier molecular flexibility index (Phi) is 8.78. The van der Waals surface area contributed by atoms with Crippen molar-refractivity contribution in [3.8, 4) is 5.75 Å². The molecule has 162 valence electrons. The van der Waals surface area contributed by atoms with E-state index in [2.05, 4.69) is 17.6 Å². The van der Waals surface area contributed by atoms with Crippen LogP contribution in [0.2, 0.25) is 0 Å². The zero-order valence-electron chi connectivity index (χ0n) is 18.5. The number of hydrogen-bond acceptors (Lipinski definition) is 4. The van der Waals surface area contributed by atoms with Crippen LogP contribution in [0.3, 0.4) is 0 Å². The average molecular weight is 429 g/mol. The van der Waals surface area contributed by atoms with Crippen molar-refractivity contribution in [1.82, 2.24) is 0 Å². The van der Waals surface area contributed by atoms with Gasteiger partial charge in [0.2, 0.25) is 11.8 Å². The fourth-order valence-corrected chi connectivity index (χ4v) is 3.68. The lowest BCUT2D eigenvalue weighted by atomic mass is 9.95. The first-order valence-electron chi connectivity index (χ1n) is 10.2. The summed E-state index contributed by atoms with van der Waals surface area (Å²) in [4.78, 5) is 25.4. The Morgan fingerprint density at radius 2 is 1.80 bits per heavy atom. The van der Waals surface area contributed by atoms with Crippen molar-refractivity contribution in [2.75, 3.05) is 17.7 Å². The first-order chi connectivity index (χ1) is 14.2. The molecule has 2 rings (SSSR count). The molecule has 0 aliphatic rings. The Morgan fingerprint density at radius 1 is 1.07 bits per heavy atom. The Bertz CT molecular complexity index is 875. The fourth-order valence-electron chi connectivity index (χ4n) is 2.69. The van der Waals surface area contributed by atoms with Crippen molar-refractivity contribution in [2.45, 2.75) is 57.6 Å². The smallest absolute Gasteiger partial charge is 0.229 e. The molecule has 30 heavy (non-hydrogen) atoms. The maximum Gasteiger partial charge on any atom is 0.229 e. The van der Waals surface area contributed by atoms with Gasteiger partial charge >= 0.3 is 0 Å². The maximum atomic E-state index is 12.4. The summed E-state index contributed by atoms with van der Waals surface area (Å²) in [6.45, 7) is 7.74. The van der Waals surface area contributed by atoms with Crippen LogP contribution in [0.15, 0.2) is 47.4 Å². The molecule has 0 atom stereocenters. The fraction of sp³-hybridized carbons (Fsp3) is 0.417. The number of hydrogen-bond donors (Lipinski definition) is 2. The Labute approximate surface area is 184 Å². The summed E-state index contributed by atoms with van der Waals surface area (Å²) in [7, 11) is 1.64. The van der Waals surface area contributed by atoms with E-state index in [0.29, 0.717) is 12.2 Å². The number of anilines is 2. The number of nitrogens with one attached hydrogen (secondary N) is 2. The molecule has 2 aromatic rings. The Hall–Kier alpha value is -2.47. The molecule has 0 fully saturated rings. The van der Waals surface area contributed by atoms with Gasteiger partial charge in [0.15, 0.2) is 0 Å². The second kappa shape index (κ2) is 11.1. The number of thioether (sulfide) groups is 1. The largest absolute Gasteiger partial charge is 0.496 e. The third-order valence-electron chi connectivity index (χ3n) is 4.52. The van der Waals surface area contributed by atoms with Crippen LogP contribution < -0.4 is 15.4 Å². The summed E-state index contributed by atoms with van der Waals surface area (Å²) in [5, 5.41) is 5.98. The van der Waals surface area contributed by atoms with Gasteiger partial charge in [-0.3, -0.25) is 9.59 Å². The molecule has 0 bridgehead atoms. The number of carbonyl (C=O) groups excluding carboxylic acids is 2. The monoisotopic (exact) mass is 428 g/mol. The van der Waals surface area contributed by atoms with Gasteiger partial charge in [0.25, 0.3) is 0 Å².